The van der Waals surface area contributed by atoms with E-state index in [2.05, 4.69) is 16.7 Å². The molecule has 0 radical (unpaired) electrons. The lowest BCUT2D eigenvalue weighted by Gasteiger charge is -2.13. The normalized spacial score (nSPS) is 13.5. The molecule has 7 nitrogen and oxygen atoms in total. The Morgan fingerprint density at radius 1 is 1.23 bits per heavy atom. The van der Waals surface area contributed by atoms with Gasteiger partial charge in [0, 0.05) is 17.3 Å². The van der Waals surface area contributed by atoms with Gasteiger partial charge in [-0.2, -0.15) is 0 Å². The number of carbonyl (C=O) groups is 3. The smallest absolute Gasteiger partial charge is 0.340 e. The van der Waals surface area contributed by atoms with Crippen molar-refractivity contribution in [2.75, 3.05) is 18.9 Å². The fourth-order valence-corrected chi connectivity index (χ4v) is 2.78. The molecule has 4 N–H and O–H groups in total. The molecule has 0 saturated carbocycles. The number of hydrogen-bond acceptors (Lipinski definition) is 5. The van der Waals surface area contributed by atoms with Gasteiger partial charge in [0.25, 0.3) is 5.91 Å². The van der Waals surface area contributed by atoms with E-state index in [1.165, 1.54) is 36.6 Å². The molecule has 0 fully saturated rings. The van der Waals surface area contributed by atoms with Crippen LogP contribution in [0.4, 0.5) is 10.5 Å². The Morgan fingerprint density at radius 3 is 2.73 bits per heavy atom. The third-order valence-electron chi connectivity index (χ3n) is 3.94. The Bertz CT molecular complexity index is 718. The first kappa shape index (κ1) is 19.8. The molecule has 0 aliphatic heterocycles. The number of carbonyl (C=O) groups excluding carboxylic acids is 3. The number of amides is 3. The van der Waals surface area contributed by atoms with E-state index in [1.807, 2.05) is 0 Å². The number of urea groups is 1. The van der Waals surface area contributed by atoms with Crippen molar-refractivity contribution in [3.8, 4) is 0 Å². The summed E-state index contributed by atoms with van der Waals surface area (Å²) in [6.07, 6.45) is 7.52. The van der Waals surface area contributed by atoms with Gasteiger partial charge in [0.2, 0.25) is 0 Å². The molecule has 1 aliphatic carbocycles. The molecule has 0 bridgehead atoms. The van der Waals surface area contributed by atoms with E-state index in [1.54, 1.807) is 0 Å². The van der Waals surface area contributed by atoms with Crippen LogP contribution in [-0.2, 0) is 9.53 Å². The fourth-order valence-electron chi connectivity index (χ4n) is 2.60. The lowest BCUT2D eigenvalue weighted by atomic mass is 9.97. The van der Waals surface area contributed by atoms with Crippen molar-refractivity contribution in [3.63, 3.8) is 0 Å². The molecular weight excluding hydrogens is 358 g/mol. The van der Waals surface area contributed by atoms with E-state index in [0.29, 0.717) is 11.6 Å². The Morgan fingerprint density at radius 2 is 2.04 bits per heavy atom. The molecule has 0 spiro atoms. The van der Waals surface area contributed by atoms with Crippen molar-refractivity contribution in [1.82, 2.24) is 10.6 Å². The van der Waals surface area contributed by atoms with E-state index in [0.717, 1.165) is 19.3 Å². The minimum Gasteiger partial charge on any atom is -0.452 e. The van der Waals surface area contributed by atoms with Crippen LogP contribution in [0.15, 0.2) is 29.8 Å². The zero-order chi connectivity index (χ0) is 18.9. The van der Waals surface area contributed by atoms with Gasteiger partial charge in [-0.1, -0.05) is 23.3 Å². The van der Waals surface area contributed by atoms with Crippen molar-refractivity contribution in [2.45, 2.75) is 32.1 Å². The fraction of sp³-hybridized carbons (Fsp3) is 0.389. The monoisotopic (exact) mass is 379 g/mol. The Kier molecular flexibility index (Phi) is 7.47. The van der Waals surface area contributed by atoms with Gasteiger partial charge in [0.1, 0.15) is 0 Å². The molecule has 140 valence electrons. The number of allylic oxidation sites excluding steroid dienone is 1. The van der Waals surface area contributed by atoms with E-state index < -0.39 is 24.5 Å². The van der Waals surface area contributed by atoms with Crippen LogP contribution in [-0.4, -0.2) is 31.1 Å². The SMILES string of the molecule is Nc1cc(Cl)ccc1C(=O)OCC(=O)NC(=O)NCCC1=CCCCC1. The number of esters is 1. The zero-order valence-electron chi connectivity index (χ0n) is 14.3. The third kappa shape index (κ3) is 6.40. The lowest BCUT2D eigenvalue weighted by molar-refractivity contribution is -0.123. The second kappa shape index (κ2) is 9.82. The average Bonchev–Trinajstić information content (AvgIpc) is 2.60. The summed E-state index contributed by atoms with van der Waals surface area (Å²) in [6.45, 7) is -0.133. The highest BCUT2D eigenvalue weighted by molar-refractivity contribution is 6.31. The van der Waals surface area contributed by atoms with Crippen LogP contribution >= 0.6 is 11.6 Å². The summed E-state index contributed by atoms with van der Waals surface area (Å²) in [4.78, 5) is 35.2. The molecule has 26 heavy (non-hydrogen) atoms. The van der Waals surface area contributed by atoms with Crippen LogP contribution in [0.5, 0.6) is 0 Å². The first-order chi connectivity index (χ1) is 12.5. The van der Waals surface area contributed by atoms with Gasteiger partial charge in [-0.25, -0.2) is 9.59 Å². The number of hydrogen-bond donors (Lipinski definition) is 3. The standard InChI is InChI=1S/C18H22ClN3O4/c19-13-6-7-14(15(20)10-13)17(24)26-11-16(23)22-18(25)21-9-8-12-4-2-1-3-5-12/h4,6-7,10H,1-3,5,8-9,11,20H2,(H2,21,22,23,25). The Balaban J connectivity index is 1.68. The minimum atomic E-state index is -0.765. The van der Waals surface area contributed by atoms with E-state index in [9.17, 15) is 14.4 Å². The number of nitrogen functional groups attached to an aromatic ring is 1. The number of rotatable bonds is 6. The number of halogens is 1. The summed E-state index contributed by atoms with van der Waals surface area (Å²) in [7, 11) is 0. The maximum atomic E-state index is 11.9. The first-order valence-corrected chi connectivity index (χ1v) is 8.81. The van der Waals surface area contributed by atoms with Gasteiger partial charge < -0.3 is 15.8 Å². The molecule has 1 aromatic rings. The largest absolute Gasteiger partial charge is 0.452 e. The average molecular weight is 380 g/mol. The van der Waals surface area contributed by atoms with Crippen molar-refractivity contribution in [2.24, 2.45) is 0 Å². The molecule has 0 aromatic heterocycles. The first-order valence-electron chi connectivity index (χ1n) is 8.43. The van der Waals surface area contributed by atoms with Crippen LogP contribution < -0.4 is 16.4 Å². The molecule has 0 saturated heterocycles. The van der Waals surface area contributed by atoms with E-state index >= 15 is 0 Å². The summed E-state index contributed by atoms with van der Waals surface area (Å²) in [5.41, 5.74) is 7.26. The summed E-state index contributed by atoms with van der Waals surface area (Å²) >= 11 is 5.75. The summed E-state index contributed by atoms with van der Waals surface area (Å²) in [5.74, 6) is -1.49. The topological polar surface area (TPSA) is 111 Å². The van der Waals surface area contributed by atoms with Crippen molar-refractivity contribution < 1.29 is 19.1 Å². The number of anilines is 1. The molecule has 2 rings (SSSR count). The quantitative estimate of drug-likeness (QED) is 0.400. The summed E-state index contributed by atoms with van der Waals surface area (Å²) in [6, 6.07) is 3.69. The number of nitrogens with one attached hydrogen (secondary N) is 2. The van der Waals surface area contributed by atoms with Gasteiger partial charge in [-0.05, 0) is 50.3 Å². The highest BCUT2D eigenvalue weighted by Crippen LogP contribution is 2.19. The molecular formula is C18H22ClN3O4. The summed E-state index contributed by atoms with van der Waals surface area (Å²) < 4.78 is 4.85. The van der Waals surface area contributed by atoms with Crippen LogP contribution in [0.2, 0.25) is 5.02 Å². The lowest BCUT2D eigenvalue weighted by Crippen LogP contribution is -2.41. The third-order valence-corrected chi connectivity index (χ3v) is 4.17. The number of imide groups is 1. The Labute approximate surface area is 156 Å². The number of nitrogens with two attached hydrogens (primary N) is 1. The number of benzene rings is 1. The molecule has 1 aromatic carbocycles. The molecule has 8 heteroatoms. The second-order valence-corrected chi connectivity index (χ2v) is 6.41. The molecule has 1 aliphatic rings. The maximum Gasteiger partial charge on any atom is 0.340 e. The maximum absolute atomic E-state index is 11.9. The van der Waals surface area contributed by atoms with E-state index in [4.69, 9.17) is 22.1 Å². The highest BCUT2D eigenvalue weighted by Gasteiger charge is 2.15. The predicted molar refractivity (Wildman–Crippen MR) is 98.9 cm³/mol. The number of ether oxygens (including phenoxy) is 1. The molecule has 0 heterocycles. The van der Waals surface area contributed by atoms with Gasteiger partial charge in [-0.3, -0.25) is 10.1 Å². The van der Waals surface area contributed by atoms with Crippen molar-refractivity contribution >= 4 is 35.2 Å². The van der Waals surface area contributed by atoms with Crippen LogP contribution in [0.25, 0.3) is 0 Å². The predicted octanol–water partition coefficient (Wildman–Crippen LogP) is 2.80. The Hall–Kier alpha value is -2.54. The van der Waals surface area contributed by atoms with Gasteiger partial charge in [0.05, 0.1) is 5.56 Å². The van der Waals surface area contributed by atoms with Crippen molar-refractivity contribution in [3.05, 3.63) is 40.4 Å². The zero-order valence-corrected chi connectivity index (χ0v) is 15.1. The summed E-state index contributed by atoms with van der Waals surface area (Å²) in [5, 5.41) is 5.11. The molecule has 0 unspecified atom stereocenters. The van der Waals surface area contributed by atoms with Crippen LogP contribution in [0.1, 0.15) is 42.5 Å². The second-order valence-electron chi connectivity index (χ2n) is 5.97. The minimum absolute atomic E-state index is 0.104. The molecule has 3 amide bonds. The van der Waals surface area contributed by atoms with Crippen molar-refractivity contribution in [1.29, 1.82) is 0 Å². The highest BCUT2D eigenvalue weighted by atomic mass is 35.5. The van der Waals surface area contributed by atoms with Gasteiger partial charge in [-0.15, -0.1) is 0 Å². The van der Waals surface area contributed by atoms with Crippen LogP contribution in [0, 0.1) is 0 Å². The van der Waals surface area contributed by atoms with Gasteiger partial charge in [0.15, 0.2) is 6.61 Å². The van der Waals surface area contributed by atoms with Crippen LogP contribution in [0.3, 0.4) is 0 Å². The van der Waals surface area contributed by atoms with E-state index in [-0.39, 0.29) is 11.3 Å². The van der Waals surface area contributed by atoms with Gasteiger partial charge >= 0.3 is 12.0 Å². The molecule has 0 atom stereocenters.